The molecule has 4 nitrogen and oxygen atoms in total. The topological polar surface area (TPSA) is 62.0 Å². The van der Waals surface area contributed by atoms with Crippen LogP contribution in [0.25, 0.3) is 10.9 Å². The van der Waals surface area contributed by atoms with E-state index in [1.807, 2.05) is 58.2 Å². The molecule has 1 unspecified atom stereocenters. The Balaban J connectivity index is 1.96. The van der Waals surface area contributed by atoms with Crippen LogP contribution in [0.3, 0.4) is 0 Å². The van der Waals surface area contributed by atoms with Gasteiger partial charge >= 0.3 is 0 Å². The van der Waals surface area contributed by atoms with E-state index in [1.165, 1.54) is 0 Å². The first kappa shape index (κ1) is 19.6. The summed E-state index contributed by atoms with van der Waals surface area (Å²) in [6.45, 7) is 9.81. The first-order chi connectivity index (χ1) is 12.7. The number of aryl methyl sites for hydroxylation is 3. The summed E-state index contributed by atoms with van der Waals surface area (Å²) in [5, 5.41) is 1.14. The summed E-state index contributed by atoms with van der Waals surface area (Å²) in [4.78, 5) is 3.69. The molecule has 2 aromatic carbocycles. The number of hydrogen-bond donors (Lipinski definition) is 2. The Morgan fingerprint density at radius 2 is 1.74 bits per heavy atom. The molecule has 3 aromatic rings. The number of rotatable bonds is 6. The molecule has 0 aliphatic carbocycles. The molecule has 0 spiro atoms. The molecular formula is C22H28N2O2S. The molecular weight excluding hydrogens is 356 g/mol. The molecule has 0 saturated carbocycles. The van der Waals surface area contributed by atoms with Crippen molar-refractivity contribution in [2.24, 2.45) is 0 Å². The van der Waals surface area contributed by atoms with Crippen LogP contribution in [0.5, 0.6) is 0 Å². The van der Waals surface area contributed by atoms with Crippen LogP contribution in [-0.2, 0) is 10.0 Å². The maximum atomic E-state index is 13.2. The van der Waals surface area contributed by atoms with Crippen LogP contribution in [0.4, 0.5) is 0 Å². The Bertz CT molecular complexity index is 1040. The van der Waals surface area contributed by atoms with Gasteiger partial charge in [0.15, 0.2) is 0 Å². The van der Waals surface area contributed by atoms with Crippen LogP contribution in [0.2, 0.25) is 0 Å². The molecule has 1 aromatic heterocycles. The third-order valence-corrected chi connectivity index (χ3v) is 7.13. The fourth-order valence-electron chi connectivity index (χ4n) is 4.09. The Morgan fingerprint density at radius 3 is 2.37 bits per heavy atom. The predicted octanol–water partition coefficient (Wildman–Crippen LogP) is 4.95. The molecule has 0 aliphatic heterocycles. The molecule has 5 heteroatoms. The maximum Gasteiger partial charge on any atom is 0.241 e. The van der Waals surface area contributed by atoms with Crippen molar-refractivity contribution in [2.45, 2.75) is 57.9 Å². The van der Waals surface area contributed by atoms with Crippen molar-refractivity contribution in [3.63, 3.8) is 0 Å². The number of nitrogens with one attached hydrogen (secondary N) is 2. The molecule has 0 saturated heterocycles. The van der Waals surface area contributed by atoms with Crippen molar-refractivity contribution >= 4 is 20.9 Å². The zero-order valence-electron chi connectivity index (χ0n) is 16.6. The number of fused-ring (bicyclic) bond motifs is 1. The van der Waals surface area contributed by atoms with Crippen LogP contribution in [0, 0.1) is 20.8 Å². The average Bonchev–Trinajstić information content (AvgIpc) is 3.06. The van der Waals surface area contributed by atoms with E-state index in [1.54, 1.807) is 0 Å². The lowest BCUT2D eigenvalue weighted by Gasteiger charge is -2.26. The van der Waals surface area contributed by atoms with Crippen LogP contribution < -0.4 is 4.72 Å². The van der Waals surface area contributed by atoms with Gasteiger partial charge in [-0.25, -0.2) is 13.1 Å². The number of aromatic nitrogens is 1. The summed E-state index contributed by atoms with van der Waals surface area (Å²) >= 11 is 0. The third-order valence-electron chi connectivity index (χ3n) is 5.33. The van der Waals surface area contributed by atoms with Crippen molar-refractivity contribution in [3.8, 4) is 0 Å². The highest BCUT2D eigenvalue weighted by Gasteiger charge is 2.27. The van der Waals surface area contributed by atoms with Crippen molar-refractivity contribution in [1.29, 1.82) is 0 Å². The smallest absolute Gasteiger partial charge is 0.241 e. The van der Waals surface area contributed by atoms with Gasteiger partial charge < -0.3 is 4.98 Å². The van der Waals surface area contributed by atoms with Gasteiger partial charge in [0.25, 0.3) is 0 Å². The van der Waals surface area contributed by atoms with Gasteiger partial charge in [0.1, 0.15) is 0 Å². The molecule has 1 heterocycles. The number of sulfonamides is 1. The molecule has 2 atom stereocenters. The molecule has 27 heavy (non-hydrogen) atoms. The van der Waals surface area contributed by atoms with Gasteiger partial charge in [-0.2, -0.15) is 0 Å². The molecule has 0 amide bonds. The second-order valence-corrected chi connectivity index (χ2v) is 9.09. The Labute approximate surface area is 162 Å². The van der Waals surface area contributed by atoms with Crippen LogP contribution >= 0.6 is 0 Å². The minimum atomic E-state index is -3.60. The van der Waals surface area contributed by atoms with E-state index < -0.39 is 10.0 Å². The molecule has 0 fully saturated rings. The fraction of sp³-hybridized carbons (Fsp3) is 0.364. The fourth-order valence-corrected chi connectivity index (χ4v) is 5.95. The lowest BCUT2D eigenvalue weighted by molar-refractivity contribution is 0.490. The summed E-state index contributed by atoms with van der Waals surface area (Å²) < 4.78 is 29.3. The quantitative estimate of drug-likeness (QED) is 0.631. The van der Waals surface area contributed by atoms with Gasteiger partial charge in [-0.1, -0.05) is 49.7 Å². The Kier molecular flexibility index (Phi) is 5.45. The van der Waals surface area contributed by atoms with Crippen LogP contribution in [0.15, 0.2) is 47.5 Å². The van der Waals surface area contributed by atoms with E-state index in [-0.39, 0.29) is 12.0 Å². The lowest BCUT2D eigenvalue weighted by atomic mass is 9.91. The highest BCUT2D eigenvalue weighted by atomic mass is 32.2. The summed E-state index contributed by atoms with van der Waals surface area (Å²) in [5.41, 5.74) is 4.85. The minimum Gasteiger partial charge on any atom is -0.361 e. The zero-order valence-corrected chi connectivity index (χ0v) is 17.4. The van der Waals surface area contributed by atoms with Crippen molar-refractivity contribution in [3.05, 3.63) is 64.8 Å². The molecule has 3 rings (SSSR count). The van der Waals surface area contributed by atoms with E-state index >= 15 is 0 Å². The highest BCUT2D eigenvalue weighted by molar-refractivity contribution is 7.89. The van der Waals surface area contributed by atoms with Crippen molar-refractivity contribution in [2.75, 3.05) is 0 Å². The number of para-hydroxylation sites is 1. The monoisotopic (exact) mass is 384 g/mol. The maximum absolute atomic E-state index is 13.2. The van der Waals surface area contributed by atoms with Crippen LogP contribution in [0.1, 0.15) is 48.4 Å². The number of aromatic amines is 1. The third kappa shape index (κ3) is 3.80. The summed E-state index contributed by atoms with van der Waals surface area (Å²) in [7, 11) is -3.60. The van der Waals surface area contributed by atoms with E-state index in [0.29, 0.717) is 11.3 Å². The second kappa shape index (κ2) is 7.49. The molecule has 0 radical (unpaired) electrons. The second-order valence-electron chi connectivity index (χ2n) is 7.44. The minimum absolute atomic E-state index is 0.0400. The van der Waals surface area contributed by atoms with E-state index in [4.69, 9.17) is 0 Å². The summed E-state index contributed by atoms with van der Waals surface area (Å²) in [5.74, 6) is 0.0400. The predicted molar refractivity (Wildman–Crippen MR) is 112 cm³/mol. The number of hydrogen-bond acceptors (Lipinski definition) is 2. The highest BCUT2D eigenvalue weighted by Crippen LogP contribution is 2.30. The summed E-state index contributed by atoms with van der Waals surface area (Å²) in [6, 6.07) is 11.9. The SMILES string of the molecule is CC[C@H](NS(=O)(=O)c1c(C)cc(C)cc1C)C(C)c1cccc2cc[nH]c12. The van der Waals surface area contributed by atoms with Crippen LogP contribution in [-0.4, -0.2) is 19.4 Å². The molecule has 0 aliphatic rings. The Morgan fingerprint density at radius 1 is 1.07 bits per heavy atom. The van der Waals surface area contributed by atoms with Gasteiger partial charge in [0.2, 0.25) is 10.0 Å². The zero-order chi connectivity index (χ0) is 19.8. The normalized spacial score (nSPS) is 14.4. The average molecular weight is 385 g/mol. The number of H-pyrrole nitrogens is 1. The van der Waals surface area contributed by atoms with Gasteiger partial charge in [-0.15, -0.1) is 0 Å². The van der Waals surface area contributed by atoms with Gasteiger partial charge in [0.05, 0.1) is 4.90 Å². The lowest BCUT2D eigenvalue weighted by Crippen LogP contribution is -2.38. The Hall–Kier alpha value is -2.11. The summed E-state index contributed by atoms with van der Waals surface area (Å²) in [6.07, 6.45) is 2.63. The molecule has 0 bridgehead atoms. The number of benzene rings is 2. The van der Waals surface area contributed by atoms with E-state index in [0.717, 1.165) is 33.2 Å². The van der Waals surface area contributed by atoms with Crippen molar-refractivity contribution < 1.29 is 8.42 Å². The van der Waals surface area contributed by atoms with E-state index in [9.17, 15) is 8.42 Å². The first-order valence-electron chi connectivity index (χ1n) is 9.40. The largest absolute Gasteiger partial charge is 0.361 e. The first-order valence-corrected chi connectivity index (χ1v) is 10.9. The van der Waals surface area contributed by atoms with Gasteiger partial charge in [0, 0.05) is 17.8 Å². The molecule has 2 N–H and O–H groups in total. The van der Waals surface area contributed by atoms with E-state index in [2.05, 4.69) is 28.8 Å². The standard InChI is InChI=1S/C22H28N2O2S/c1-6-20(17(5)19-9-7-8-18-10-11-23-21(18)19)24-27(25,26)22-15(3)12-14(2)13-16(22)4/h7-13,17,20,23-24H,6H2,1-5H3/t17?,20-/m0/s1. The van der Waals surface area contributed by atoms with Gasteiger partial charge in [-0.3, -0.25) is 0 Å². The van der Waals surface area contributed by atoms with Crippen molar-refractivity contribution in [1.82, 2.24) is 9.71 Å². The van der Waals surface area contributed by atoms with Gasteiger partial charge in [-0.05, 0) is 61.3 Å². The molecule has 144 valence electrons.